The van der Waals surface area contributed by atoms with Crippen LogP contribution in [0, 0.1) is 0 Å². The van der Waals surface area contributed by atoms with Crippen molar-refractivity contribution in [2.24, 2.45) is 5.73 Å². The number of aldehydes is 1. The Balaban J connectivity index is 3.98. The molecule has 0 aliphatic carbocycles. The number of aliphatic hydroxyl groups excluding tert-OH is 1. The van der Waals surface area contributed by atoms with Gasteiger partial charge >= 0.3 is 0 Å². The average Bonchev–Trinajstić information content (AvgIpc) is 2.00. The third-order valence-corrected chi connectivity index (χ3v) is 1.13. The molecule has 3 nitrogen and oxygen atoms in total. The highest BCUT2D eigenvalue weighted by molar-refractivity contribution is 5.65. The van der Waals surface area contributed by atoms with Crippen molar-refractivity contribution < 1.29 is 9.90 Å². The number of carbonyl (C=O) groups excluding carboxylic acids is 1. The minimum absolute atomic E-state index is 0.0771. The molecule has 0 aromatic rings. The summed E-state index contributed by atoms with van der Waals surface area (Å²) in [5, 5.41) is 8.55. The number of aliphatic hydroxyl groups is 1. The second-order valence-corrected chi connectivity index (χ2v) is 2.25. The highest BCUT2D eigenvalue weighted by atomic mass is 16.3. The van der Waals surface area contributed by atoms with Crippen LogP contribution in [0.5, 0.6) is 0 Å². The zero-order valence-electron chi connectivity index (χ0n) is 6.53. The minimum atomic E-state index is -0.341. The zero-order valence-corrected chi connectivity index (χ0v) is 6.53. The molecule has 0 spiro atoms. The second kappa shape index (κ2) is 5.82. The van der Waals surface area contributed by atoms with Crippen LogP contribution in [0.3, 0.4) is 0 Å². The molecule has 1 atom stereocenters. The molecule has 0 aromatic heterocycles. The zero-order chi connectivity index (χ0) is 8.69. The molecule has 0 fully saturated rings. The largest absolute Gasteiger partial charge is 0.394 e. The lowest BCUT2D eigenvalue weighted by Crippen LogP contribution is -2.21. The number of hydrogen-bond acceptors (Lipinski definition) is 3. The van der Waals surface area contributed by atoms with Crippen LogP contribution in [-0.2, 0) is 4.79 Å². The van der Waals surface area contributed by atoms with Gasteiger partial charge in [0.1, 0.15) is 6.29 Å². The van der Waals surface area contributed by atoms with Gasteiger partial charge in [-0.05, 0) is 13.0 Å². The topological polar surface area (TPSA) is 63.3 Å². The van der Waals surface area contributed by atoms with Crippen LogP contribution in [0.15, 0.2) is 23.8 Å². The van der Waals surface area contributed by atoms with Crippen LogP contribution in [0.4, 0.5) is 0 Å². The Bertz CT molecular complexity index is 173. The highest BCUT2D eigenvalue weighted by Crippen LogP contribution is 1.95. The van der Waals surface area contributed by atoms with E-state index in [1.807, 2.05) is 6.92 Å². The van der Waals surface area contributed by atoms with E-state index in [1.54, 1.807) is 12.2 Å². The van der Waals surface area contributed by atoms with Gasteiger partial charge in [-0.25, -0.2) is 0 Å². The van der Waals surface area contributed by atoms with Gasteiger partial charge < -0.3 is 10.8 Å². The number of hydrogen-bond donors (Lipinski definition) is 2. The van der Waals surface area contributed by atoms with Crippen molar-refractivity contribution in [2.75, 3.05) is 6.61 Å². The van der Waals surface area contributed by atoms with E-state index < -0.39 is 0 Å². The molecule has 0 radical (unpaired) electrons. The third kappa shape index (κ3) is 5.51. The maximum absolute atomic E-state index is 9.87. The van der Waals surface area contributed by atoms with Crippen molar-refractivity contribution in [1.82, 2.24) is 0 Å². The van der Waals surface area contributed by atoms with E-state index in [0.29, 0.717) is 6.29 Å². The third-order valence-electron chi connectivity index (χ3n) is 1.13. The lowest BCUT2D eigenvalue weighted by atomic mass is 10.2. The monoisotopic (exact) mass is 155 g/mol. The van der Waals surface area contributed by atoms with Gasteiger partial charge in [0.05, 0.1) is 6.61 Å². The molecule has 3 N–H and O–H groups in total. The first-order valence-corrected chi connectivity index (χ1v) is 3.37. The van der Waals surface area contributed by atoms with Crippen LogP contribution in [0.25, 0.3) is 0 Å². The number of rotatable bonds is 4. The van der Waals surface area contributed by atoms with Crippen LogP contribution in [0.2, 0.25) is 0 Å². The van der Waals surface area contributed by atoms with E-state index >= 15 is 0 Å². The van der Waals surface area contributed by atoms with Gasteiger partial charge in [-0.15, -0.1) is 0 Å². The first kappa shape index (κ1) is 10.1. The molecule has 0 aromatic carbocycles. The maximum atomic E-state index is 9.87. The minimum Gasteiger partial charge on any atom is -0.394 e. The summed E-state index contributed by atoms with van der Waals surface area (Å²) in [6, 6.07) is -0.341. The van der Waals surface area contributed by atoms with E-state index in [0.717, 1.165) is 5.57 Å². The molecule has 0 aliphatic heterocycles. The summed E-state index contributed by atoms with van der Waals surface area (Å²) in [7, 11) is 0. The molecule has 0 heterocycles. The fraction of sp³-hybridized carbons (Fsp3) is 0.375. The van der Waals surface area contributed by atoms with E-state index in [2.05, 4.69) is 0 Å². The average molecular weight is 155 g/mol. The van der Waals surface area contributed by atoms with Crippen molar-refractivity contribution in [3.8, 4) is 0 Å². The van der Waals surface area contributed by atoms with Crippen LogP contribution < -0.4 is 5.73 Å². The van der Waals surface area contributed by atoms with Crippen molar-refractivity contribution in [1.29, 1.82) is 0 Å². The number of carbonyl (C=O) groups is 1. The van der Waals surface area contributed by atoms with Crippen molar-refractivity contribution >= 4 is 6.29 Å². The Morgan fingerprint density at radius 1 is 1.73 bits per heavy atom. The van der Waals surface area contributed by atoms with Crippen molar-refractivity contribution in [2.45, 2.75) is 13.0 Å². The summed E-state index contributed by atoms with van der Waals surface area (Å²) < 4.78 is 0. The lowest BCUT2D eigenvalue weighted by molar-refractivity contribution is -0.104. The summed E-state index contributed by atoms with van der Waals surface area (Å²) in [5.41, 5.74) is 6.27. The first-order chi connectivity index (χ1) is 5.20. The Hall–Kier alpha value is -0.930. The fourth-order valence-electron chi connectivity index (χ4n) is 0.637. The second-order valence-electron chi connectivity index (χ2n) is 2.25. The van der Waals surface area contributed by atoms with Crippen molar-refractivity contribution in [3.63, 3.8) is 0 Å². The lowest BCUT2D eigenvalue weighted by Gasteiger charge is -2.00. The van der Waals surface area contributed by atoms with Crippen LogP contribution in [-0.4, -0.2) is 24.0 Å². The fourth-order valence-corrected chi connectivity index (χ4v) is 0.637. The highest BCUT2D eigenvalue weighted by Gasteiger charge is 1.92. The molecule has 0 bridgehead atoms. The van der Waals surface area contributed by atoms with Gasteiger partial charge in [0.2, 0.25) is 0 Å². The predicted molar refractivity (Wildman–Crippen MR) is 44.0 cm³/mol. The summed E-state index contributed by atoms with van der Waals surface area (Å²) in [5.74, 6) is 0. The van der Waals surface area contributed by atoms with E-state index in [1.165, 1.54) is 6.08 Å². The summed E-state index contributed by atoms with van der Waals surface area (Å²) in [6.45, 7) is 1.74. The van der Waals surface area contributed by atoms with Gasteiger partial charge in [-0.3, -0.25) is 4.79 Å². The summed E-state index contributed by atoms with van der Waals surface area (Å²) in [6.07, 6.45) is 5.42. The Kier molecular flexibility index (Phi) is 5.33. The summed E-state index contributed by atoms with van der Waals surface area (Å²) in [4.78, 5) is 9.87. The predicted octanol–water partition coefficient (Wildman–Crippen LogP) is 0.00740. The molecular formula is C8H13NO2. The quantitative estimate of drug-likeness (QED) is 0.341. The van der Waals surface area contributed by atoms with Gasteiger partial charge in [0.15, 0.2) is 0 Å². The molecule has 0 rings (SSSR count). The molecule has 62 valence electrons. The van der Waals surface area contributed by atoms with Gasteiger partial charge in [-0.1, -0.05) is 17.7 Å². The Morgan fingerprint density at radius 3 is 2.82 bits per heavy atom. The maximum Gasteiger partial charge on any atom is 0.142 e. The molecule has 0 amide bonds. The molecule has 0 aliphatic rings. The summed E-state index contributed by atoms with van der Waals surface area (Å²) >= 11 is 0. The Morgan fingerprint density at radius 2 is 2.36 bits per heavy atom. The van der Waals surface area contributed by atoms with Gasteiger partial charge in [0.25, 0.3) is 0 Å². The molecular weight excluding hydrogens is 142 g/mol. The van der Waals surface area contributed by atoms with Crippen LogP contribution in [0.1, 0.15) is 6.92 Å². The van der Waals surface area contributed by atoms with E-state index in [-0.39, 0.29) is 12.6 Å². The molecule has 3 heteroatoms. The molecule has 0 saturated carbocycles. The molecule has 11 heavy (non-hydrogen) atoms. The first-order valence-electron chi connectivity index (χ1n) is 3.37. The SMILES string of the molecule is CC(=C/[C@@H](N)CO)/C=C/C=O. The van der Waals surface area contributed by atoms with E-state index in [9.17, 15) is 4.79 Å². The van der Waals surface area contributed by atoms with Gasteiger partial charge in [-0.2, -0.15) is 0 Å². The van der Waals surface area contributed by atoms with Crippen molar-refractivity contribution in [3.05, 3.63) is 23.8 Å². The normalized spacial score (nSPS) is 15.4. The number of nitrogens with two attached hydrogens (primary N) is 1. The molecule has 0 unspecified atom stereocenters. The van der Waals surface area contributed by atoms with E-state index in [4.69, 9.17) is 10.8 Å². The van der Waals surface area contributed by atoms with Crippen LogP contribution >= 0.6 is 0 Å². The Labute approximate surface area is 66.2 Å². The van der Waals surface area contributed by atoms with Gasteiger partial charge in [0, 0.05) is 6.04 Å². The molecule has 0 saturated heterocycles. The smallest absolute Gasteiger partial charge is 0.142 e. The standard InChI is InChI=1S/C8H13NO2/c1-7(3-2-4-10)5-8(9)6-11/h2-5,8,11H,6,9H2,1H3/b3-2+,7-5-/t8-/m1/s1. The number of allylic oxidation sites excluding steroid dienone is 3.